The third kappa shape index (κ3) is 4.71. The summed E-state index contributed by atoms with van der Waals surface area (Å²) in [5.41, 5.74) is -2.74. The van der Waals surface area contributed by atoms with Crippen molar-refractivity contribution < 1.29 is 38.1 Å². The number of carbonyl (C=O) groups excluding carboxylic acids is 3. The minimum Gasteiger partial charge on any atom is -0.460 e. The molecule has 0 bridgehead atoms. The number of rotatable bonds is 3. The first-order valence-electron chi connectivity index (χ1n) is 12.5. The first-order chi connectivity index (χ1) is 16.5. The van der Waals surface area contributed by atoms with Crippen LogP contribution in [0.25, 0.3) is 0 Å². The van der Waals surface area contributed by atoms with Crippen molar-refractivity contribution in [3.63, 3.8) is 0 Å². The standard InChI is InChI=1S/C28H38O8/c1-24(2,3)35-20(29)13-27(23(31)36-25(4,5)6)21-19(14-32-27)28(33-15-26(7,8)16-34-28)18-12-10-9-11-17(18)22(21)30/h9-12,19,21H,13-16H2,1-8H3/t19-,21+,27-/m1/s1. The van der Waals surface area contributed by atoms with E-state index >= 15 is 0 Å². The molecule has 2 heterocycles. The van der Waals surface area contributed by atoms with E-state index in [1.54, 1.807) is 53.7 Å². The second-order valence-electron chi connectivity index (χ2n) is 12.9. The Hall–Kier alpha value is -2.29. The van der Waals surface area contributed by atoms with Crippen LogP contribution >= 0.6 is 0 Å². The van der Waals surface area contributed by atoms with Gasteiger partial charge in [0.1, 0.15) is 11.2 Å². The number of hydrogen-bond acceptors (Lipinski definition) is 8. The zero-order valence-corrected chi connectivity index (χ0v) is 22.6. The normalized spacial score (nSPS) is 28.8. The van der Waals surface area contributed by atoms with Gasteiger partial charge in [-0.1, -0.05) is 38.1 Å². The quantitative estimate of drug-likeness (QED) is 0.568. The molecule has 0 aromatic heterocycles. The van der Waals surface area contributed by atoms with Crippen LogP contribution in [0.4, 0.5) is 0 Å². The average Bonchev–Trinajstić information content (AvgIpc) is 3.12. The van der Waals surface area contributed by atoms with Crippen LogP contribution in [0, 0.1) is 17.3 Å². The summed E-state index contributed by atoms with van der Waals surface area (Å²) in [4.78, 5) is 40.9. The van der Waals surface area contributed by atoms with Crippen molar-refractivity contribution in [2.75, 3.05) is 19.8 Å². The van der Waals surface area contributed by atoms with Crippen LogP contribution in [-0.2, 0) is 39.1 Å². The van der Waals surface area contributed by atoms with E-state index in [2.05, 4.69) is 0 Å². The number of ketones is 1. The Labute approximate surface area is 212 Å². The lowest BCUT2D eigenvalue weighted by Gasteiger charge is -2.51. The highest BCUT2D eigenvalue weighted by Crippen LogP contribution is 2.57. The zero-order chi connectivity index (χ0) is 26.7. The van der Waals surface area contributed by atoms with E-state index in [9.17, 15) is 14.4 Å². The minimum absolute atomic E-state index is 0.0206. The Morgan fingerprint density at radius 1 is 0.944 bits per heavy atom. The molecule has 0 N–H and O–H groups in total. The lowest BCUT2D eigenvalue weighted by molar-refractivity contribution is -0.336. The van der Waals surface area contributed by atoms with Crippen molar-refractivity contribution >= 4 is 17.7 Å². The Morgan fingerprint density at radius 3 is 2.11 bits per heavy atom. The summed E-state index contributed by atoms with van der Waals surface area (Å²) in [5, 5.41) is 0. The van der Waals surface area contributed by atoms with E-state index in [0.29, 0.717) is 24.3 Å². The van der Waals surface area contributed by atoms with Crippen LogP contribution in [0.15, 0.2) is 24.3 Å². The van der Waals surface area contributed by atoms with Gasteiger partial charge in [-0.25, -0.2) is 4.79 Å². The highest BCUT2D eigenvalue weighted by molar-refractivity contribution is 6.06. The fourth-order valence-electron chi connectivity index (χ4n) is 5.28. The largest absolute Gasteiger partial charge is 0.460 e. The molecule has 1 aromatic carbocycles. The SMILES string of the molecule is CC1(C)COC2(OC1)c1ccccc1C(=O)[C@@H]1[C@H]2CO[C@@]1(CC(=O)OC(C)(C)C)C(=O)OC(C)(C)C. The van der Waals surface area contributed by atoms with Gasteiger partial charge in [0.15, 0.2) is 11.4 Å². The number of esters is 2. The Morgan fingerprint density at radius 2 is 1.53 bits per heavy atom. The Balaban J connectivity index is 1.84. The summed E-state index contributed by atoms with van der Waals surface area (Å²) in [6.07, 6.45) is -0.462. The van der Waals surface area contributed by atoms with Crippen molar-refractivity contribution in [2.24, 2.45) is 17.3 Å². The molecule has 3 aliphatic rings. The predicted molar refractivity (Wildman–Crippen MR) is 130 cm³/mol. The lowest BCUT2D eigenvalue weighted by atomic mass is 9.65. The molecule has 8 nitrogen and oxygen atoms in total. The van der Waals surface area contributed by atoms with Gasteiger partial charge in [-0.2, -0.15) is 0 Å². The molecule has 0 saturated carbocycles. The average molecular weight is 503 g/mol. The van der Waals surface area contributed by atoms with E-state index in [1.807, 2.05) is 26.0 Å². The molecular weight excluding hydrogens is 464 g/mol. The van der Waals surface area contributed by atoms with Crippen LogP contribution < -0.4 is 0 Å². The molecule has 0 unspecified atom stereocenters. The number of hydrogen-bond donors (Lipinski definition) is 0. The fraction of sp³-hybridized carbons (Fsp3) is 0.679. The van der Waals surface area contributed by atoms with Crippen molar-refractivity contribution in [3.8, 4) is 0 Å². The first kappa shape index (κ1) is 26.8. The molecule has 2 saturated heterocycles. The van der Waals surface area contributed by atoms with Crippen LogP contribution in [0.3, 0.4) is 0 Å². The van der Waals surface area contributed by atoms with Crippen LogP contribution in [-0.4, -0.2) is 54.3 Å². The van der Waals surface area contributed by atoms with E-state index in [0.717, 1.165) is 0 Å². The van der Waals surface area contributed by atoms with Gasteiger partial charge in [0.05, 0.1) is 38.1 Å². The second kappa shape index (κ2) is 8.64. The summed E-state index contributed by atoms with van der Waals surface area (Å²) in [5.74, 6) is -4.73. The maximum atomic E-state index is 14.1. The summed E-state index contributed by atoms with van der Waals surface area (Å²) >= 11 is 0. The fourth-order valence-corrected chi connectivity index (χ4v) is 5.28. The van der Waals surface area contributed by atoms with Crippen LogP contribution in [0.5, 0.6) is 0 Å². The van der Waals surface area contributed by atoms with Gasteiger partial charge in [-0.3, -0.25) is 9.59 Å². The van der Waals surface area contributed by atoms with Gasteiger partial charge < -0.3 is 23.7 Å². The predicted octanol–water partition coefficient (Wildman–Crippen LogP) is 4.18. The van der Waals surface area contributed by atoms with Gasteiger partial charge in [0.25, 0.3) is 0 Å². The molecule has 0 radical (unpaired) electrons. The summed E-state index contributed by atoms with van der Waals surface area (Å²) < 4.78 is 30.4. The Kier molecular flexibility index (Phi) is 6.42. The highest BCUT2D eigenvalue weighted by atomic mass is 16.7. The smallest absolute Gasteiger partial charge is 0.340 e. The van der Waals surface area contributed by atoms with Gasteiger partial charge in [0.2, 0.25) is 5.79 Å². The molecule has 0 amide bonds. The molecule has 2 fully saturated rings. The van der Waals surface area contributed by atoms with Gasteiger partial charge in [0, 0.05) is 16.5 Å². The molecular formula is C28H38O8. The lowest BCUT2D eigenvalue weighted by Crippen LogP contribution is -2.60. The molecule has 198 valence electrons. The molecule has 4 rings (SSSR count). The molecule has 1 aromatic rings. The molecule has 2 aliphatic heterocycles. The number of ether oxygens (including phenoxy) is 5. The van der Waals surface area contributed by atoms with Gasteiger partial charge >= 0.3 is 11.9 Å². The van der Waals surface area contributed by atoms with Crippen molar-refractivity contribution in [1.82, 2.24) is 0 Å². The number of carbonyl (C=O) groups is 3. The van der Waals surface area contributed by atoms with E-state index in [-0.39, 0.29) is 17.8 Å². The maximum absolute atomic E-state index is 14.1. The summed E-state index contributed by atoms with van der Waals surface area (Å²) in [7, 11) is 0. The highest BCUT2D eigenvalue weighted by Gasteiger charge is 2.70. The summed E-state index contributed by atoms with van der Waals surface area (Å²) in [6, 6.07) is 7.12. The molecule has 3 atom stereocenters. The van der Waals surface area contributed by atoms with E-state index in [1.165, 1.54) is 0 Å². The van der Waals surface area contributed by atoms with Crippen molar-refractivity contribution in [2.45, 2.75) is 84.4 Å². The molecule has 1 aliphatic carbocycles. The first-order valence-corrected chi connectivity index (χ1v) is 12.5. The number of benzene rings is 1. The van der Waals surface area contributed by atoms with E-state index < -0.39 is 52.8 Å². The van der Waals surface area contributed by atoms with Crippen molar-refractivity contribution in [1.29, 1.82) is 0 Å². The Bertz CT molecular complexity index is 1050. The molecule has 1 spiro atoms. The second-order valence-corrected chi connectivity index (χ2v) is 12.9. The molecule has 36 heavy (non-hydrogen) atoms. The number of Topliss-reactive ketones (excluding diaryl/α,β-unsaturated/α-hetero) is 1. The minimum atomic E-state index is -1.88. The molecule has 8 heteroatoms. The third-order valence-electron chi connectivity index (χ3n) is 6.69. The zero-order valence-electron chi connectivity index (χ0n) is 22.6. The topological polar surface area (TPSA) is 97.4 Å². The van der Waals surface area contributed by atoms with E-state index in [4.69, 9.17) is 23.7 Å². The maximum Gasteiger partial charge on any atom is 0.340 e. The van der Waals surface area contributed by atoms with Crippen LogP contribution in [0.2, 0.25) is 0 Å². The van der Waals surface area contributed by atoms with Crippen molar-refractivity contribution in [3.05, 3.63) is 35.4 Å². The third-order valence-corrected chi connectivity index (χ3v) is 6.69. The monoisotopic (exact) mass is 502 g/mol. The van der Waals surface area contributed by atoms with Gasteiger partial charge in [-0.05, 0) is 41.5 Å². The number of fused-ring (bicyclic) bond motifs is 4. The summed E-state index contributed by atoms with van der Waals surface area (Å²) in [6.45, 7) is 15.3. The van der Waals surface area contributed by atoms with Crippen LogP contribution in [0.1, 0.15) is 77.7 Å². The van der Waals surface area contributed by atoms with Gasteiger partial charge in [-0.15, -0.1) is 0 Å².